The van der Waals surface area contributed by atoms with Gasteiger partial charge in [-0.05, 0) is 27.7 Å². The number of carbonyl (C=O) groups is 2. The smallest absolute Gasteiger partial charge is 0.335 e. The predicted octanol–water partition coefficient (Wildman–Crippen LogP) is -11.9. The quantitative estimate of drug-likeness (QED) is 0.0682. The zero-order valence-electron chi connectivity index (χ0n) is 42.3. The molecule has 34 nitrogen and oxygen atoms in total. The van der Waals surface area contributed by atoms with Crippen LogP contribution >= 0.6 is 0 Å². The molecule has 0 aliphatic carbocycles. The number of nitrogens with one attached hydrogen (secondary N) is 1. The minimum Gasteiger partial charge on any atom is -0.479 e. The maximum absolute atomic E-state index is 12.6. The van der Waals surface area contributed by atoms with Crippen molar-refractivity contribution in [1.29, 1.82) is 0 Å². The topological polar surface area (TPSA) is 530 Å². The number of rotatable bonds is 16. The van der Waals surface area contributed by atoms with Gasteiger partial charge in [-0.2, -0.15) is 0 Å². The molecule has 1 amide bonds. The van der Waals surface area contributed by atoms with Crippen LogP contribution in [0.2, 0.25) is 0 Å². The zero-order valence-corrected chi connectivity index (χ0v) is 42.3. The van der Waals surface area contributed by atoms with Crippen LogP contribution in [-0.4, -0.2) is 332 Å². The maximum atomic E-state index is 12.6. The molecular formula is C44H73NO33. The predicted molar refractivity (Wildman–Crippen MR) is 238 cm³/mol. The first-order valence-corrected chi connectivity index (χ1v) is 25.1. The number of aliphatic hydroxyl groups excluding tert-OH is 17. The number of carbonyl (C=O) groups excluding carboxylic acids is 1. The van der Waals surface area contributed by atoms with E-state index in [1.54, 1.807) is 0 Å². The van der Waals surface area contributed by atoms with Gasteiger partial charge in [-0.1, -0.05) is 0 Å². The number of amides is 1. The first kappa shape index (κ1) is 63.3. The van der Waals surface area contributed by atoms with Crippen LogP contribution in [0.3, 0.4) is 0 Å². The fourth-order valence-electron chi connectivity index (χ4n) is 10.1. The molecule has 19 N–H and O–H groups in total. The number of aliphatic hydroxyl groups is 17. The standard InChI is InChI=1S/C44H73NO33/c1-8-16(49)21(54)26(59)39(66-8)76-34-22(55)17(50)10(3)68-43(34)77-36-24(57)19(52)13(6-46)71-44(36)78-35-23(56)18(51)9(2)67-42(35)74-32-28(61)33(37(63)64)75-41(29(32)62)72-30-11(4)69-40(27(60)25(30)58)73-31-15(45-12(5)48)38(65)70-14(7-47)20(31)53/h8-11,13-36,38-44,46-47,49-62,65H,6-7H2,1-5H3,(H,45,48)(H,63,64)/t8-,9-,10-,11-,13+,14+,15+,16-,17+,18+,19-,20+,21+,22+,23+,24-,25-,26+,27+,28-,29+,30-,31+,32-,33-,34-,35-,36+,38?,39-,40-,41+,42-,43-,44+/m0/s1. The lowest BCUT2D eigenvalue weighted by molar-refractivity contribution is -0.410. The van der Waals surface area contributed by atoms with Gasteiger partial charge in [0.05, 0.1) is 37.6 Å². The van der Waals surface area contributed by atoms with E-state index in [1.807, 2.05) is 0 Å². The Morgan fingerprint density at radius 1 is 0.372 bits per heavy atom. The molecule has 0 aromatic heterocycles. The summed E-state index contributed by atoms with van der Waals surface area (Å²) in [6, 6.07) is -1.51. The highest BCUT2D eigenvalue weighted by Gasteiger charge is 2.59. The van der Waals surface area contributed by atoms with E-state index in [1.165, 1.54) is 27.7 Å². The van der Waals surface area contributed by atoms with E-state index < -0.39 is 240 Å². The molecule has 0 saturated carbocycles. The van der Waals surface area contributed by atoms with Crippen molar-refractivity contribution >= 4 is 11.9 Å². The lowest BCUT2D eigenvalue weighted by Gasteiger charge is -2.50. The van der Waals surface area contributed by atoms with Crippen LogP contribution in [0.1, 0.15) is 34.6 Å². The van der Waals surface area contributed by atoms with Crippen molar-refractivity contribution in [2.75, 3.05) is 13.2 Å². The number of ether oxygens (including phenoxy) is 13. The minimum absolute atomic E-state index is 0.716. The van der Waals surface area contributed by atoms with Crippen LogP contribution < -0.4 is 5.32 Å². The van der Waals surface area contributed by atoms with Gasteiger partial charge in [-0.15, -0.1) is 0 Å². The Morgan fingerprint density at radius 3 is 1.24 bits per heavy atom. The Labute approximate surface area is 442 Å². The Kier molecular flexibility index (Phi) is 21.2. The third-order valence-corrected chi connectivity index (χ3v) is 14.8. The van der Waals surface area contributed by atoms with Crippen molar-refractivity contribution in [3.8, 4) is 0 Å². The Hall–Kier alpha value is -2.26. The normalized spacial score (nSPS) is 53.3. The monoisotopic (exact) mass is 1140 g/mol. The Bertz CT molecular complexity index is 1950. The van der Waals surface area contributed by atoms with E-state index in [0.717, 1.165) is 6.92 Å². The third-order valence-electron chi connectivity index (χ3n) is 14.8. The van der Waals surface area contributed by atoms with Crippen LogP contribution in [-0.2, 0) is 71.2 Å². The fourth-order valence-corrected chi connectivity index (χ4v) is 10.1. The minimum atomic E-state index is -2.37. The summed E-state index contributed by atoms with van der Waals surface area (Å²) >= 11 is 0. The summed E-state index contributed by atoms with van der Waals surface area (Å²) in [5, 5.41) is 198. The highest BCUT2D eigenvalue weighted by Crippen LogP contribution is 2.38. The van der Waals surface area contributed by atoms with Crippen LogP contribution in [0.15, 0.2) is 0 Å². The van der Waals surface area contributed by atoms with Gasteiger partial charge in [-0.25, -0.2) is 4.79 Å². The van der Waals surface area contributed by atoms with E-state index in [4.69, 9.17) is 61.6 Å². The lowest BCUT2D eigenvalue weighted by atomic mass is 9.95. The molecule has 0 spiro atoms. The van der Waals surface area contributed by atoms with Crippen molar-refractivity contribution < 1.29 is 163 Å². The van der Waals surface area contributed by atoms with Crippen molar-refractivity contribution in [1.82, 2.24) is 5.32 Å². The average Bonchev–Trinajstić information content (AvgIpc) is 3.44. The zero-order chi connectivity index (χ0) is 57.7. The maximum Gasteiger partial charge on any atom is 0.335 e. The van der Waals surface area contributed by atoms with Crippen LogP contribution in [0.25, 0.3) is 0 Å². The molecule has 7 saturated heterocycles. The average molecular weight is 1140 g/mol. The number of hydrogen-bond donors (Lipinski definition) is 19. The van der Waals surface area contributed by atoms with E-state index >= 15 is 0 Å². The molecular weight excluding hydrogens is 1070 g/mol. The number of carboxylic acids is 1. The van der Waals surface area contributed by atoms with Crippen molar-refractivity contribution in [3.63, 3.8) is 0 Å². The summed E-state index contributed by atoms with van der Waals surface area (Å²) in [7, 11) is 0. The van der Waals surface area contributed by atoms with Gasteiger partial charge in [0.25, 0.3) is 0 Å². The highest BCUT2D eigenvalue weighted by atomic mass is 16.8. The molecule has 7 fully saturated rings. The van der Waals surface area contributed by atoms with Gasteiger partial charge < -0.3 is 159 Å². The summed E-state index contributed by atoms with van der Waals surface area (Å²) < 4.78 is 74.6. The number of carboxylic acid groups (broad SMARTS) is 1. The largest absolute Gasteiger partial charge is 0.479 e. The summed E-state index contributed by atoms with van der Waals surface area (Å²) in [5.74, 6) is -2.59. The van der Waals surface area contributed by atoms with E-state index in [0.29, 0.717) is 0 Å². The summed E-state index contributed by atoms with van der Waals surface area (Å²) in [6.45, 7) is 4.31. The van der Waals surface area contributed by atoms with Crippen molar-refractivity contribution in [3.05, 3.63) is 0 Å². The van der Waals surface area contributed by atoms with Crippen LogP contribution in [0.4, 0.5) is 0 Å². The van der Waals surface area contributed by atoms with Gasteiger partial charge in [0.2, 0.25) is 5.91 Å². The lowest BCUT2D eigenvalue weighted by Crippen LogP contribution is -2.69. The van der Waals surface area contributed by atoms with Gasteiger partial charge >= 0.3 is 5.97 Å². The molecule has 7 aliphatic rings. The molecule has 7 heterocycles. The summed E-state index contributed by atoms with van der Waals surface area (Å²) in [5.41, 5.74) is 0. The molecule has 7 rings (SSSR count). The second kappa shape index (κ2) is 26.1. The van der Waals surface area contributed by atoms with Crippen molar-refractivity contribution in [2.24, 2.45) is 0 Å². The summed E-state index contributed by atoms with van der Waals surface area (Å²) in [4.78, 5) is 24.5. The van der Waals surface area contributed by atoms with E-state index in [-0.39, 0.29) is 0 Å². The van der Waals surface area contributed by atoms with Gasteiger partial charge in [0.15, 0.2) is 50.1 Å². The molecule has 1 unspecified atom stereocenters. The van der Waals surface area contributed by atoms with E-state index in [2.05, 4.69) is 5.32 Å². The molecule has 7 aliphatic heterocycles. The van der Waals surface area contributed by atoms with Gasteiger partial charge in [0.1, 0.15) is 140 Å². The first-order valence-electron chi connectivity index (χ1n) is 25.1. The fraction of sp³-hybridized carbons (Fsp3) is 0.955. The molecule has 0 aromatic carbocycles. The molecule has 0 radical (unpaired) electrons. The second-order valence-corrected chi connectivity index (χ2v) is 20.3. The molecule has 35 atom stereocenters. The number of aliphatic carboxylic acids is 1. The van der Waals surface area contributed by atoms with Gasteiger partial charge in [-0.3, -0.25) is 4.79 Å². The first-order chi connectivity index (χ1) is 36.6. The molecule has 0 bridgehead atoms. The molecule has 78 heavy (non-hydrogen) atoms. The third kappa shape index (κ3) is 12.9. The Morgan fingerprint density at radius 2 is 0.744 bits per heavy atom. The van der Waals surface area contributed by atoms with Crippen LogP contribution in [0, 0.1) is 0 Å². The van der Waals surface area contributed by atoms with Crippen LogP contribution in [0.5, 0.6) is 0 Å². The van der Waals surface area contributed by atoms with Crippen molar-refractivity contribution in [2.45, 2.75) is 249 Å². The summed E-state index contributed by atoms with van der Waals surface area (Å²) in [6.07, 6.45) is -64.5. The second-order valence-electron chi connectivity index (χ2n) is 20.3. The highest BCUT2D eigenvalue weighted by molar-refractivity contribution is 5.73. The SMILES string of the molecule is CC(=O)N[C@H]1C(O)O[C@H](CO)[C@@H](O)[C@@H]1O[C@@H]1O[C@@H](C)[C@H](O[C@@H]2O[C@H](C(=O)O)[C@@H](O)[C@H](O[C@@H]3O[C@@H](C)[C@@H](O)[C@@H](O)[C@@H]3O[C@H]3O[C@H](CO)[C@H](O)[C@H](O)[C@H]3O[C@@H]3O[C@@H](C)[C@@H](O)[C@@H](O)[C@@H]3O[C@@H]3O[C@@H](C)[C@H](O)[C@@H](O)[C@H]3O)[C@H]2O)[C@@H](O)[C@H]1O. The molecule has 452 valence electrons. The van der Waals surface area contributed by atoms with Gasteiger partial charge in [0, 0.05) is 6.92 Å². The Balaban J connectivity index is 1.11. The molecule has 0 aromatic rings. The molecule has 34 heteroatoms. The number of hydrogen-bond acceptors (Lipinski definition) is 32. The van der Waals surface area contributed by atoms with E-state index in [9.17, 15) is 102 Å².